The van der Waals surface area contributed by atoms with Gasteiger partial charge in [0.15, 0.2) is 0 Å². The van der Waals surface area contributed by atoms with Crippen LogP contribution in [0.5, 0.6) is 11.5 Å². The Morgan fingerprint density at radius 2 is 2.17 bits per heavy atom. The highest BCUT2D eigenvalue weighted by Gasteiger charge is 2.11. The maximum atomic E-state index is 9.73. The van der Waals surface area contributed by atoms with Crippen molar-refractivity contribution in [3.63, 3.8) is 0 Å². The van der Waals surface area contributed by atoms with Crippen LogP contribution in [-0.2, 0) is 13.6 Å². The molecule has 1 atom stereocenters. The number of aromatic nitrogens is 3. The summed E-state index contributed by atoms with van der Waals surface area (Å²) in [4.78, 5) is 0. The highest BCUT2D eigenvalue weighted by Crippen LogP contribution is 2.27. The fourth-order valence-electron chi connectivity index (χ4n) is 1.71. The Kier molecular flexibility index (Phi) is 3.47. The summed E-state index contributed by atoms with van der Waals surface area (Å²) in [5.74, 6) is 1.10. The molecule has 0 aliphatic heterocycles. The van der Waals surface area contributed by atoms with Crippen LogP contribution in [0.25, 0.3) is 0 Å². The van der Waals surface area contributed by atoms with Gasteiger partial charge in [-0.3, -0.25) is 0 Å². The fraction of sp³-hybridized carbons (Fsp3) is 0.333. The summed E-state index contributed by atoms with van der Waals surface area (Å²) in [6.45, 7) is 2.44. The molecule has 1 heterocycles. The van der Waals surface area contributed by atoms with Gasteiger partial charge in [-0.05, 0) is 25.1 Å². The molecule has 0 radical (unpaired) electrons. The van der Waals surface area contributed by atoms with Gasteiger partial charge in [0.25, 0.3) is 0 Å². The van der Waals surface area contributed by atoms with E-state index >= 15 is 0 Å². The van der Waals surface area contributed by atoms with Gasteiger partial charge in [-0.25, -0.2) is 0 Å². The maximum absolute atomic E-state index is 9.73. The Labute approximate surface area is 105 Å². The van der Waals surface area contributed by atoms with Crippen LogP contribution >= 0.6 is 0 Å². The predicted molar refractivity (Wildman–Crippen MR) is 66.0 cm³/mol. The van der Waals surface area contributed by atoms with Crippen molar-refractivity contribution in [2.24, 2.45) is 7.05 Å². The smallest absolute Gasteiger partial charge is 0.146 e. The molecule has 0 bridgehead atoms. The lowest BCUT2D eigenvalue weighted by Gasteiger charge is -2.15. The first-order valence-corrected chi connectivity index (χ1v) is 5.66. The van der Waals surface area contributed by atoms with Crippen LogP contribution < -0.4 is 5.32 Å². The van der Waals surface area contributed by atoms with Gasteiger partial charge in [-0.2, -0.15) is 0 Å². The predicted octanol–water partition coefficient (Wildman–Crippen LogP) is 1.08. The van der Waals surface area contributed by atoms with E-state index in [4.69, 9.17) is 0 Å². The lowest BCUT2D eigenvalue weighted by molar-refractivity contribution is 0.439. The van der Waals surface area contributed by atoms with E-state index in [2.05, 4.69) is 15.5 Å². The zero-order chi connectivity index (χ0) is 13.1. The van der Waals surface area contributed by atoms with Crippen molar-refractivity contribution in [1.29, 1.82) is 0 Å². The quantitative estimate of drug-likeness (QED) is 0.705. The van der Waals surface area contributed by atoms with E-state index in [0.717, 1.165) is 5.82 Å². The number of aryl methyl sites for hydroxylation is 1. The van der Waals surface area contributed by atoms with Gasteiger partial charge in [-0.15, -0.1) is 10.2 Å². The summed E-state index contributed by atoms with van der Waals surface area (Å²) < 4.78 is 1.82. The molecule has 6 heteroatoms. The standard InChI is InChI=1S/C12H16N4O2/c1-8(10-5-9(17)3-4-11(10)18)13-6-12-15-14-7-16(12)2/h3-5,7-8,13,17-18H,6H2,1-2H3. The number of aromatic hydroxyl groups is 2. The second kappa shape index (κ2) is 5.05. The molecule has 96 valence electrons. The number of hydrogen-bond donors (Lipinski definition) is 3. The third-order valence-electron chi connectivity index (χ3n) is 2.85. The second-order valence-corrected chi connectivity index (χ2v) is 4.20. The van der Waals surface area contributed by atoms with Crippen LogP contribution in [0.15, 0.2) is 24.5 Å². The maximum Gasteiger partial charge on any atom is 0.146 e. The van der Waals surface area contributed by atoms with Gasteiger partial charge in [0.2, 0.25) is 0 Å². The van der Waals surface area contributed by atoms with Crippen molar-refractivity contribution in [1.82, 2.24) is 20.1 Å². The number of nitrogens with one attached hydrogen (secondary N) is 1. The van der Waals surface area contributed by atoms with Crippen LogP contribution in [0.4, 0.5) is 0 Å². The summed E-state index contributed by atoms with van der Waals surface area (Å²) >= 11 is 0. The van der Waals surface area contributed by atoms with Crippen molar-refractivity contribution < 1.29 is 10.2 Å². The number of phenolic OH excluding ortho intramolecular Hbond substituents is 2. The normalized spacial score (nSPS) is 12.6. The number of hydrogen-bond acceptors (Lipinski definition) is 5. The van der Waals surface area contributed by atoms with Crippen molar-refractivity contribution in [2.45, 2.75) is 19.5 Å². The number of rotatable bonds is 4. The van der Waals surface area contributed by atoms with Crippen molar-refractivity contribution in [3.8, 4) is 11.5 Å². The second-order valence-electron chi connectivity index (χ2n) is 4.20. The molecule has 0 aliphatic rings. The first-order chi connectivity index (χ1) is 8.58. The molecule has 1 aromatic carbocycles. The van der Waals surface area contributed by atoms with E-state index in [0.29, 0.717) is 12.1 Å². The Morgan fingerprint density at radius 3 is 2.83 bits per heavy atom. The molecule has 1 aromatic heterocycles. The third-order valence-corrected chi connectivity index (χ3v) is 2.85. The third kappa shape index (κ3) is 2.60. The van der Waals surface area contributed by atoms with E-state index in [1.807, 2.05) is 18.5 Å². The Morgan fingerprint density at radius 1 is 1.39 bits per heavy atom. The SMILES string of the molecule is CC(NCc1nncn1C)c1cc(O)ccc1O. The number of benzene rings is 1. The molecule has 1 unspecified atom stereocenters. The molecule has 18 heavy (non-hydrogen) atoms. The van der Waals surface area contributed by atoms with Gasteiger partial charge in [0.1, 0.15) is 23.7 Å². The number of nitrogens with zero attached hydrogens (tertiary/aromatic N) is 3. The summed E-state index contributed by atoms with van der Waals surface area (Å²) in [5, 5.41) is 30.1. The van der Waals surface area contributed by atoms with Gasteiger partial charge in [0.05, 0.1) is 6.54 Å². The molecular weight excluding hydrogens is 232 g/mol. The van der Waals surface area contributed by atoms with Crippen molar-refractivity contribution in [2.75, 3.05) is 0 Å². The lowest BCUT2D eigenvalue weighted by atomic mass is 10.1. The molecule has 0 saturated carbocycles. The van der Waals surface area contributed by atoms with Crippen LogP contribution in [0.1, 0.15) is 24.4 Å². The zero-order valence-corrected chi connectivity index (χ0v) is 10.3. The molecule has 0 spiro atoms. The Balaban J connectivity index is 2.06. The number of phenols is 2. The molecular formula is C12H16N4O2. The molecule has 0 fully saturated rings. The minimum Gasteiger partial charge on any atom is -0.508 e. The summed E-state index contributed by atoms with van der Waals surface area (Å²) in [6.07, 6.45) is 1.63. The monoisotopic (exact) mass is 248 g/mol. The fourth-order valence-corrected chi connectivity index (χ4v) is 1.71. The van der Waals surface area contributed by atoms with Crippen molar-refractivity contribution >= 4 is 0 Å². The highest BCUT2D eigenvalue weighted by atomic mass is 16.3. The van der Waals surface area contributed by atoms with E-state index < -0.39 is 0 Å². The first-order valence-electron chi connectivity index (χ1n) is 5.66. The van der Waals surface area contributed by atoms with E-state index in [-0.39, 0.29) is 17.5 Å². The van der Waals surface area contributed by atoms with Gasteiger partial charge < -0.3 is 20.1 Å². The topological polar surface area (TPSA) is 83.2 Å². The molecule has 2 rings (SSSR count). The average Bonchev–Trinajstić information content (AvgIpc) is 2.75. The minimum absolute atomic E-state index is 0.103. The zero-order valence-electron chi connectivity index (χ0n) is 10.3. The minimum atomic E-state index is -0.103. The Bertz CT molecular complexity index is 539. The Hall–Kier alpha value is -2.08. The molecule has 3 N–H and O–H groups in total. The van der Waals surface area contributed by atoms with Crippen LogP contribution in [0.3, 0.4) is 0 Å². The van der Waals surface area contributed by atoms with E-state index in [9.17, 15) is 10.2 Å². The van der Waals surface area contributed by atoms with Crippen molar-refractivity contribution in [3.05, 3.63) is 35.9 Å². The summed E-state index contributed by atoms with van der Waals surface area (Å²) in [6, 6.07) is 4.37. The van der Waals surface area contributed by atoms with Gasteiger partial charge in [-0.1, -0.05) is 0 Å². The van der Waals surface area contributed by atoms with Crippen LogP contribution in [-0.4, -0.2) is 25.0 Å². The molecule has 0 amide bonds. The van der Waals surface area contributed by atoms with E-state index in [1.54, 1.807) is 12.4 Å². The van der Waals surface area contributed by atoms with E-state index in [1.165, 1.54) is 12.1 Å². The molecule has 6 nitrogen and oxygen atoms in total. The first kappa shape index (κ1) is 12.4. The van der Waals surface area contributed by atoms with Crippen LogP contribution in [0.2, 0.25) is 0 Å². The summed E-state index contributed by atoms with van der Waals surface area (Å²) in [7, 11) is 1.87. The molecule has 2 aromatic rings. The average molecular weight is 248 g/mol. The molecule has 0 saturated heterocycles. The van der Waals surface area contributed by atoms with Gasteiger partial charge >= 0.3 is 0 Å². The highest BCUT2D eigenvalue weighted by molar-refractivity contribution is 5.40. The molecule has 0 aliphatic carbocycles. The van der Waals surface area contributed by atoms with Gasteiger partial charge in [0, 0.05) is 18.7 Å². The van der Waals surface area contributed by atoms with Crippen LogP contribution in [0, 0.1) is 0 Å². The lowest BCUT2D eigenvalue weighted by Crippen LogP contribution is -2.20. The largest absolute Gasteiger partial charge is 0.508 e. The summed E-state index contributed by atoms with van der Waals surface area (Å²) in [5.41, 5.74) is 0.650.